The average Bonchev–Trinajstić information content (AvgIpc) is 3.13. The number of hydrogen-bond donors (Lipinski definition) is 1. The third kappa shape index (κ3) is 4.87. The molecule has 0 saturated carbocycles. The first-order chi connectivity index (χ1) is 15.6. The second-order valence-corrected chi connectivity index (χ2v) is 9.04. The molecule has 1 aromatic carbocycles. The molecule has 8 nitrogen and oxygen atoms in total. The number of benzene rings is 1. The number of halogens is 1. The number of pyridine rings is 1. The van der Waals surface area contributed by atoms with Crippen LogP contribution in [0, 0.1) is 5.82 Å². The average molecular weight is 452 g/mol. The molecule has 2 N–H and O–H groups in total. The van der Waals surface area contributed by atoms with Gasteiger partial charge >= 0.3 is 6.09 Å². The zero-order chi connectivity index (χ0) is 23.8. The van der Waals surface area contributed by atoms with E-state index in [1.54, 1.807) is 54.9 Å². The van der Waals surface area contributed by atoms with Crippen molar-refractivity contribution in [3.63, 3.8) is 0 Å². The standard InChI is InChI=1S/C24H26FN5O3/c1-24(2,3)33-23(32)29-13-18(12-20(26)31)30-19(14-29)21(15-8-10-27-11-9-15)22(28-30)16-4-6-17(25)7-5-16/h4-11,18H,12-14H2,1-3H3,(H2,26,31). The van der Waals surface area contributed by atoms with Gasteiger partial charge in [0.15, 0.2) is 0 Å². The second kappa shape index (κ2) is 8.65. The SMILES string of the molecule is CC(C)(C)OC(=O)N1Cc2c(-c3ccncc3)c(-c3ccc(F)cc3)nn2C(CC(N)=O)C1. The molecule has 3 aromatic rings. The largest absolute Gasteiger partial charge is 0.444 e. The Morgan fingerprint density at radius 1 is 1.12 bits per heavy atom. The summed E-state index contributed by atoms with van der Waals surface area (Å²) in [5.74, 6) is -0.850. The third-order valence-electron chi connectivity index (χ3n) is 5.30. The summed E-state index contributed by atoms with van der Waals surface area (Å²) in [7, 11) is 0. The third-order valence-corrected chi connectivity index (χ3v) is 5.30. The summed E-state index contributed by atoms with van der Waals surface area (Å²) in [5, 5.41) is 4.82. The first-order valence-electron chi connectivity index (χ1n) is 10.7. The topological polar surface area (TPSA) is 103 Å². The predicted octanol–water partition coefficient (Wildman–Crippen LogP) is 3.92. The number of carbonyl (C=O) groups is 2. The van der Waals surface area contributed by atoms with E-state index in [0.717, 1.165) is 16.8 Å². The molecule has 33 heavy (non-hydrogen) atoms. The van der Waals surface area contributed by atoms with Gasteiger partial charge in [-0.25, -0.2) is 9.18 Å². The highest BCUT2D eigenvalue weighted by atomic mass is 19.1. The molecule has 1 unspecified atom stereocenters. The van der Waals surface area contributed by atoms with Crippen LogP contribution in [0.15, 0.2) is 48.8 Å². The van der Waals surface area contributed by atoms with Gasteiger partial charge in [0, 0.05) is 30.1 Å². The van der Waals surface area contributed by atoms with Crippen LogP contribution in [0.4, 0.5) is 9.18 Å². The lowest BCUT2D eigenvalue weighted by atomic mass is 9.98. The molecule has 4 rings (SSSR count). The fourth-order valence-electron chi connectivity index (χ4n) is 3.98. The van der Waals surface area contributed by atoms with Gasteiger partial charge in [-0.3, -0.25) is 14.5 Å². The van der Waals surface area contributed by atoms with Gasteiger partial charge in [0.2, 0.25) is 5.91 Å². The number of rotatable bonds is 4. The van der Waals surface area contributed by atoms with Crippen molar-refractivity contribution in [2.24, 2.45) is 5.73 Å². The predicted molar refractivity (Wildman–Crippen MR) is 120 cm³/mol. The Morgan fingerprint density at radius 3 is 2.39 bits per heavy atom. The van der Waals surface area contributed by atoms with Gasteiger partial charge in [0.25, 0.3) is 0 Å². The Hall–Kier alpha value is -3.75. The summed E-state index contributed by atoms with van der Waals surface area (Å²) in [6.07, 6.45) is 2.87. The lowest BCUT2D eigenvalue weighted by Crippen LogP contribution is -2.44. The molecule has 172 valence electrons. The monoisotopic (exact) mass is 451 g/mol. The van der Waals surface area contributed by atoms with Gasteiger partial charge in [0.05, 0.1) is 24.7 Å². The van der Waals surface area contributed by atoms with Crippen LogP contribution in [0.1, 0.15) is 38.9 Å². The van der Waals surface area contributed by atoms with E-state index in [0.29, 0.717) is 11.3 Å². The minimum atomic E-state index is -0.666. The van der Waals surface area contributed by atoms with Crippen molar-refractivity contribution < 1.29 is 18.7 Å². The molecule has 9 heteroatoms. The molecule has 0 aliphatic carbocycles. The van der Waals surface area contributed by atoms with Crippen molar-refractivity contribution in [1.82, 2.24) is 19.7 Å². The molecular formula is C24H26FN5O3. The van der Waals surface area contributed by atoms with Gasteiger partial charge in [-0.15, -0.1) is 0 Å². The van der Waals surface area contributed by atoms with E-state index in [9.17, 15) is 14.0 Å². The molecule has 2 aromatic heterocycles. The summed E-state index contributed by atoms with van der Waals surface area (Å²) in [6.45, 7) is 5.86. The van der Waals surface area contributed by atoms with Crippen molar-refractivity contribution in [1.29, 1.82) is 0 Å². The van der Waals surface area contributed by atoms with E-state index in [4.69, 9.17) is 15.6 Å². The Morgan fingerprint density at radius 2 is 1.79 bits per heavy atom. The minimum absolute atomic E-state index is 0.00657. The summed E-state index contributed by atoms with van der Waals surface area (Å²) >= 11 is 0. The smallest absolute Gasteiger partial charge is 0.410 e. The highest BCUT2D eigenvalue weighted by molar-refractivity contribution is 5.83. The first kappa shape index (κ1) is 22.4. The molecule has 0 radical (unpaired) electrons. The van der Waals surface area contributed by atoms with Crippen LogP contribution in [0.25, 0.3) is 22.4 Å². The van der Waals surface area contributed by atoms with E-state index in [1.165, 1.54) is 12.1 Å². The summed E-state index contributed by atoms with van der Waals surface area (Å²) in [4.78, 5) is 30.4. The van der Waals surface area contributed by atoms with Gasteiger partial charge in [0.1, 0.15) is 17.1 Å². The van der Waals surface area contributed by atoms with E-state index >= 15 is 0 Å². The molecule has 0 bridgehead atoms. The van der Waals surface area contributed by atoms with Crippen LogP contribution >= 0.6 is 0 Å². The number of amides is 2. The molecule has 0 saturated heterocycles. The molecular weight excluding hydrogens is 425 g/mol. The van der Waals surface area contributed by atoms with E-state index in [2.05, 4.69) is 4.98 Å². The van der Waals surface area contributed by atoms with Crippen molar-refractivity contribution in [3.05, 3.63) is 60.3 Å². The lowest BCUT2D eigenvalue weighted by Gasteiger charge is -2.35. The van der Waals surface area contributed by atoms with Crippen LogP contribution in [-0.2, 0) is 16.1 Å². The molecule has 1 aliphatic heterocycles. The van der Waals surface area contributed by atoms with E-state index < -0.39 is 23.6 Å². The zero-order valence-electron chi connectivity index (χ0n) is 18.8. The van der Waals surface area contributed by atoms with Gasteiger partial charge in [-0.1, -0.05) is 0 Å². The number of hydrogen-bond acceptors (Lipinski definition) is 5. The van der Waals surface area contributed by atoms with Crippen molar-refractivity contribution in [3.8, 4) is 22.4 Å². The number of fused-ring (bicyclic) bond motifs is 1. The van der Waals surface area contributed by atoms with Crippen LogP contribution < -0.4 is 5.73 Å². The van der Waals surface area contributed by atoms with Gasteiger partial charge in [-0.2, -0.15) is 5.10 Å². The number of aromatic nitrogens is 3. The van der Waals surface area contributed by atoms with Gasteiger partial charge < -0.3 is 15.4 Å². The number of nitrogens with zero attached hydrogens (tertiary/aromatic N) is 4. The molecule has 1 aliphatic rings. The van der Waals surface area contributed by atoms with Gasteiger partial charge in [-0.05, 0) is 62.7 Å². The Balaban J connectivity index is 1.87. The van der Waals surface area contributed by atoms with E-state index in [1.807, 2.05) is 12.1 Å². The fraction of sp³-hybridized carbons (Fsp3) is 0.333. The zero-order valence-corrected chi connectivity index (χ0v) is 18.8. The summed E-state index contributed by atoms with van der Waals surface area (Å²) in [5.41, 5.74) is 8.56. The van der Waals surface area contributed by atoms with Crippen LogP contribution in [-0.4, -0.2) is 43.8 Å². The quantitative estimate of drug-likeness (QED) is 0.648. The van der Waals surface area contributed by atoms with Crippen molar-refractivity contribution >= 4 is 12.0 Å². The van der Waals surface area contributed by atoms with Crippen LogP contribution in [0.2, 0.25) is 0 Å². The number of ether oxygens (including phenoxy) is 1. The molecule has 2 amide bonds. The van der Waals surface area contributed by atoms with Crippen molar-refractivity contribution in [2.75, 3.05) is 6.54 Å². The second-order valence-electron chi connectivity index (χ2n) is 9.04. The lowest BCUT2D eigenvalue weighted by molar-refractivity contribution is -0.119. The summed E-state index contributed by atoms with van der Waals surface area (Å²) < 4.78 is 20.9. The highest BCUT2D eigenvalue weighted by Gasteiger charge is 2.35. The van der Waals surface area contributed by atoms with E-state index in [-0.39, 0.29) is 25.3 Å². The minimum Gasteiger partial charge on any atom is -0.444 e. The first-order valence-corrected chi connectivity index (χ1v) is 10.7. The number of carbonyl (C=O) groups excluding carboxylic acids is 2. The van der Waals surface area contributed by atoms with Crippen molar-refractivity contribution in [2.45, 2.75) is 45.4 Å². The Labute approximate surface area is 191 Å². The molecule has 1 atom stereocenters. The maximum Gasteiger partial charge on any atom is 0.410 e. The Kier molecular flexibility index (Phi) is 5.88. The highest BCUT2D eigenvalue weighted by Crippen LogP contribution is 2.39. The number of nitrogens with two attached hydrogens (primary N) is 1. The number of primary amides is 1. The normalized spacial score (nSPS) is 15.8. The molecule has 0 fully saturated rings. The van der Waals surface area contributed by atoms with Crippen LogP contribution in [0.3, 0.4) is 0 Å². The maximum atomic E-state index is 13.6. The maximum absolute atomic E-state index is 13.6. The molecule has 0 spiro atoms. The van der Waals surface area contributed by atoms with Crippen LogP contribution in [0.5, 0.6) is 0 Å². The molecule has 3 heterocycles. The summed E-state index contributed by atoms with van der Waals surface area (Å²) in [6, 6.07) is 9.29. The Bertz CT molecular complexity index is 1170. The fourth-order valence-corrected chi connectivity index (χ4v) is 3.98.